The Labute approximate surface area is 153 Å². The van der Waals surface area contributed by atoms with E-state index in [1.807, 2.05) is 54.6 Å². The van der Waals surface area contributed by atoms with Crippen molar-refractivity contribution < 1.29 is 4.74 Å². The van der Waals surface area contributed by atoms with Crippen LogP contribution in [-0.2, 0) is 5.75 Å². The molecule has 2 aromatic heterocycles. The molecule has 4 rings (SSSR count). The predicted molar refractivity (Wildman–Crippen MR) is 94.4 cm³/mol. The maximum Gasteiger partial charge on any atom is 0.214 e. The second-order valence-electron chi connectivity index (χ2n) is 5.18. The highest BCUT2D eigenvalue weighted by atomic mass is 32.2. The maximum atomic E-state index is 5.39. The number of rotatable bonds is 6. The molecule has 4 aromatic rings. The number of para-hydroxylation sites is 3. The Morgan fingerprint density at radius 1 is 0.885 bits per heavy atom. The minimum atomic E-state index is 0.511. The zero-order chi connectivity index (χ0) is 17.8. The number of benzene rings is 2. The fourth-order valence-electron chi connectivity index (χ4n) is 2.42. The van der Waals surface area contributed by atoms with Crippen LogP contribution in [-0.4, -0.2) is 47.5 Å². The molecule has 0 bridgehead atoms. The monoisotopic (exact) mass is 366 g/mol. The summed E-state index contributed by atoms with van der Waals surface area (Å²) in [5, 5.41) is 24.5. The average Bonchev–Trinajstić information content (AvgIpc) is 3.36. The average molecular weight is 366 g/mol. The van der Waals surface area contributed by atoms with Crippen LogP contribution >= 0.6 is 11.8 Å². The molecular weight excluding hydrogens is 352 g/mol. The number of methoxy groups -OCH3 is 1. The molecule has 26 heavy (non-hydrogen) atoms. The normalized spacial score (nSPS) is 10.8. The zero-order valence-electron chi connectivity index (χ0n) is 13.8. The standard InChI is InChI=1S/C16H14N8OS/c1-25-14-10-6-5-9-13(14)24-16(18-20-22-24)26-11-15-17-19-21-23(15)12-7-3-2-4-8-12/h2-10H,11H2,1H3. The summed E-state index contributed by atoms with van der Waals surface area (Å²) in [6.07, 6.45) is 0. The fourth-order valence-corrected chi connectivity index (χ4v) is 3.21. The van der Waals surface area contributed by atoms with Crippen LogP contribution in [0, 0.1) is 0 Å². The van der Waals surface area contributed by atoms with E-state index in [0.29, 0.717) is 22.5 Å². The van der Waals surface area contributed by atoms with Crippen molar-refractivity contribution in [2.45, 2.75) is 10.9 Å². The topological polar surface area (TPSA) is 96.4 Å². The van der Waals surface area contributed by atoms with E-state index in [-0.39, 0.29) is 0 Å². The minimum absolute atomic E-state index is 0.511. The van der Waals surface area contributed by atoms with Crippen LogP contribution in [0.1, 0.15) is 5.82 Å². The Kier molecular flexibility index (Phi) is 4.56. The third kappa shape index (κ3) is 3.14. The Balaban J connectivity index is 1.58. The number of tetrazole rings is 2. The maximum absolute atomic E-state index is 5.39. The Morgan fingerprint density at radius 3 is 2.46 bits per heavy atom. The third-order valence-electron chi connectivity index (χ3n) is 3.62. The van der Waals surface area contributed by atoms with E-state index >= 15 is 0 Å². The van der Waals surface area contributed by atoms with Crippen molar-refractivity contribution in [3.8, 4) is 17.1 Å². The number of nitrogens with zero attached hydrogens (tertiary/aromatic N) is 8. The van der Waals surface area contributed by atoms with Gasteiger partial charge in [0.2, 0.25) is 5.16 Å². The molecule has 0 saturated heterocycles. The van der Waals surface area contributed by atoms with Gasteiger partial charge in [-0.25, -0.2) is 0 Å². The summed E-state index contributed by atoms with van der Waals surface area (Å²) in [4.78, 5) is 0. The van der Waals surface area contributed by atoms with Crippen LogP contribution in [0.3, 0.4) is 0 Å². The minimum Gasteiger partial charge on any atom is -0.494 e. The number of hydrogen-bond acceptors (Lipinski definition) is 8. The van der Waals surface area contributed by atoms with Crippen molar-refractivity contribution in [1.29, 1.82) is 0 Å². The summed E-state index contributed by atoms with van der Waals surface area (Å²) in [7, 11) is 1.62. The van der Waals surface area contributed by atoms with Gasteiger partial charge in [0.1, 0.15) is 11.4 Å². The van der Waals surface area contributed by atoms with Gasteiger partial charge in [-0.05, 0) is 45.1 Å². The number of ether oxygens (including phenoxy) is 1. The van der Waals surface area contributed by atoms with E-state index in [0.717, 1.165) is 11.4 Å². The molecule has 0 atom stereocenters. The lowest BCUT2D eigenvalue weighted by Gasteiger charge is -2.09. The summed E-state index contributed by atoms with van der Waals surface area (Å²) in [5.74, 6) is 1.91. The third-order valence-corrected chi connectivity index (χ3v) is 4.53. The van der Waals surface area contributed by atoms with E-state index in [2.05, 4.69) is 31.1 Å². The van der Waals surface area contributed by atoms with Crippen molar-refractivity contribution in [3.63, 3.8) is 0 Å². The fraction of sp³-hybridized carbons (Fsp3) is 0.125. The molecule has 0 aliphatic carbocycles. The smallest absolute Gasteiger partial charge is 0.214 e. The first-order valence-corrected chi connectivity index (χ1v) is 8.72. The first-order valence-electron chi connectivity index (χ1n) is 7.74. The van der Waals surface area contributed by atoms with E-state index in [9.17, 15) is 0 Å². The highest BCUT2D eigenvalue weighted by molar-refractivity contribution is 7.98. The molecule has 0 radical (unpaired) electrons. The zero-order valence-corrected chi connectivity index (χ0v) is 14.6. The molecule has 0 aliphatic rings. The van der Waals surface area contributed by atoms with Gasteiger partial charge < -0.3 is 4.74 Å². The molecular formula is C16H14N8OS. The van der Waals surface area contributed by atoms with Crippen molar-refractivity contribution in [3.05, 3.63) is 60.4 Å². The van der Waals surface area contributed by atoms with Gasteiger partial charge >= 0.3 is 0 Å². The van der Waals surface area contributed by atoms with Gasteiger partial charge in [-0.2, -0.15) is 9.36 Å². The van der Waals surface area contributed by atoms with E-state index in [1.165, 1.54) is 11.8 Å². The van der Waals surface area contributed by atoms with Crippen LogP contribution in [0.2, 0.25) is 0 Å². The van der Waals surface area contributed by atoms with Gasteiger partial charge in [0.05, 0.1) is 18.6 Å². The molecule has 0 N–H and O–H groups in total. The number of hydrogen-bond donors (Lipinski definition) is 0. The molecule has 0 fully saturated rings. The summed E-state index contributed by atoms with van der Waals surface area (Å²) >= 11 is 1.44. The lowest BCUT2D eigenvalue weighted by atomic mass is 10.3. The number of aromatic nitrogens is 8. The van der Waals surface area contributed by atoms with Crippen molar-refractivity contribution >= 4 is 11.8 Å². The summed E-state index contributed by atoms with van der Waals surface area (Å²) < 4.78 is 8.73. The predicted octanol–water partition coefficient (Wildman–Crippen LogP) is 1.94. The molecule has 0 saturated carbocycles. The molecule has 0 spiro atoms. The van der Waals surface area contributed by atoms with Crippen LogP contribution < -0.4 is 4.74 Å². The van der Waals surface area contributed by atoms with Crippen molar-refractivity contribution in [1.82, 2.24) is 40.4 Å². The largest absolute Gasteiger partial charge is 0.494 e. The molecule has 0 aliphatic heterocycles. The lowest BCUT2D eigenvalue weighted by molar-refractivity contribution is 0.410. The van der Waals surface area contributed by atoms with Crippen molar-refractivity contribution in [2.75, 3.05) is 7.11 Å². The highest BCUT2D eigenvalue weighted by Crippen LogP contribution is 2.27. The van der Waals surface area contributed by atoms with Crippen LogP contribution in [0.4, 0.5) is 0 Å². The molecule has 2 heterocycles. The van der Waals surface area contributed by atoms with E-state index in [1.54, 1.807) is 16.5 Å². The Bertz CT molecular complexity index is 1000. The van der Waals surface area contributed by atoms with Crippen molar-refractivity contribution in [2.24, 2.45) is 0 Å². The highest BCUT2D eigenvalue weighted by Gasteiger charge is 2.15. The van der Waals surface area contributed by atoms with Gasteiger partial charge in [-0.1, -0.05) is 42.1 Å². The van der Waals surface area contributed by atoms with E-state index in [4.69, 9.17) is 4.74 Å². The second kappa shape index (κ2) is 7.31. The van der Waals surface area contributed by atoms with Gasteiger partial charge in [-0.15, -0.1) is 10.2 Å². The Morgan fingerprint density at radius 2 is 1.62 bits per heavy atom. The SMILES string of the molecule is COc1ccccc1-n1nnnc1SCc1nnnn1-c1ccccc1. The molecule has 2 aromatic carbocycles. The summed E-state index contributed by atoms with van der Waals surface area (Å²) in [5.41, 5.74) is 1.67. The van der Waals surface area contributed by atoms with Crippen LogP contribution in [0.5, 0.6) is 5.75 Å². The molecule has 10 heteroatoms. The lowest BCUT2D eigenvalue weighted by Crippen LogP contribution is -2.04. The first kappa shape index (κ1) is 16.2. The molecule has 9 nitrogen and oxygen atoms in total. The summed E-state index contributed by atoms with van der Waals surface area (Å²) in [6.45, 7) is 0. The molecule has 0 unspecified atom stereocenters. The molecule has 130 valence electrons. The van der Waals surface area contributed by atoms with Crippen LogP contribution in [0.15, 0.2) is 59.8 Å². The van der Waals surface area contributed by atoms with E-state index < -0.39 is 0 Å². The van der Waals surface area contributed by atoms with Gasteiger partial charge in [0, 0.05) is 0 Å². The second-order valence-corrected chi connectivity index (χ2v) is 6.12. The Hall–Kier alpha value is -3.27. The first-order chi connectivity index (χ1) is 12.9. The quantitative estimate of drug-likeness (QED) is 0.478. The summed E-state index contributed by atoms with van der Waals surface area (Å²) in [6, 6.07) is 17.3. The molecule has 0 amide bonds. The van der Waals surface area contributed by atoms with Gasteiger partial charge in [0.25, 0.3) is 0 Å². The van der Waals surface area contributed by atoms with Crippen LogP contribution in [0.25, 0.3) is 11.4 Å². The number of thioether (sulfide) groups is 1. The van der Waals surface area contributed by atoms with Gasteiger partial charge in [-0.3, -0.25) is 0 Å². The van der Waals surface area contributed by atoms with Gasteiger partial charge in [0.15, 0.2) is 5.82 Å².